The highest BCUT2D eigenvalue weighted by molar-refractivity contribution is 9.10. The normalized spacial score (nSPS) is 12.9. The maximum Gasteiger partial charge on any atom is 0.0207 e. The summed E-state index contributed by atoms with van der Waals surface area (Å²) in [6, 6.07) is 8.56. The van der Waals surface area contributed by atoms with Gasteiger partial charge in [0.05, 0.1) is 0 Å². The third-order valence-corrected chi connectivity index (χ3v) is 4.85. The Morgan fingerprint density at radius 3 is 2.61 bits per heavy atom. The molecule has 18 heavy (non-hydrogen) atoms. The van der Waals surface area contributed by atoms with Crippen LogP contribution < -0.4 is 5.32 Å². The van der Waals surface area contributed by atoms with Crippen molar-refractivity contribution in [3.05, 3.63) is 34.3 Å². The maximum atomic E-state index is 3.64. The van der Waals surface area contributed by atoms with Gasteiger partial charge >= 0.3 is 0 Å². The van der Waals surface area contributed by atoms with Gasteiger partial charge < -0.3 is 5.32 Å². The van der Waals surface area contributed by atoms with E-state index in [0.29, 0.717) is 0 Å². The molecule has 1 nitrogen and oxygen atoms in total. The van der Waals surface area contributed by atoms with Gasteiger partial charge in [-0.3, -0.25) is 0 Å². The second kappa shape index (κ2) is 9.00. The topological polar surface area (TPSA) is 12.0 Å². The van der Waals surface area contributed by atoms with Crippen LogP contribution in [0.1, 0.15) is 25.8 Å². The van der Waals surface area contributed by atoms with Crippen molar-refractivity contribution in [2.24, 2.45) is 5.92 Å². The number of hydrogen-bond acceptors (Lipinski definition) is 2. The maximum absolute atomic E-state index is 3.64. The molecule has 0 amide bonds. The first-order valence-electron chi connectivity index (χ1n) is 6.63. The Hall–Kier alpha value is 0.01000. The quantitative estimate of drug-likeness (QED) is 0.760. The van der Waals surface area contributed by atoms with E-state index in [4.69, 9.17) is 0 Å². The molecule has 0 aliphatic carbocycles. The lowest BCUT2D eigenvalue weighted by Gasteiger charge is -2.18. The predicted molar refractivity (Wildman–Crippen MR) is 87.5 cm³/mol. The van der Waals surface area contributed by atoms with E-state index in [1.165, 1.54) is 22.2 Å². The average molecular weight is 330 g/mol. The highest BCUT2D eigenvalue weighted by Crippen LogP contribution is 2.22. The van der Waals surface area contributed by atoms with E-state index in [9.17, 15) is 0 Å². The van der Waals surface area contributed by atoms with Crippen molar-refractivity contribution in [1.82, 2.24) is 5.32 Å². The van der Waals surface area contributed by atoms with Gasteiger partial charge in [-0.2, -0.15) is 11.8 Å². The van der Waals surface area contributed by atoms with Crippen LogP contribution in [0.2, 0.25) is 0 Å². The molecule has 1 unspecified atom stereocenters. The Labute approximate surface area is 124 Å². The van der Waals surface area contributed by atoms with Crippen LogP contribution in [0.4, 0.5) is 0 Å². The first-order valence-corrected chi connectivity index (χ1v) is 8.47. The van der Waals surface area contributed by atoms with Crippen LogP contribution in [0.5, 0.6) is 0 Å². The molecule has 0 radical (unpaired) electrons. The van der Waals surface area contributed by atoms with Gasteiger partial charge in [0.1, 0.15) is 0 Å². The molecule has 0 aromatic heterocycles. The summed E-state index contributed by atoms with van der Waals surface area (Å²) in [5.41, 5.74) is 1.42. The summed E-state index contributed by atoms with van der Waals surface area (Å²) in [6.07, 6.45) is 2.44. The van der Waals surface area contributed by atoms with Crippen molar-refractivity contribution in [2.45, 2.75) is 31.9 Å². The fourth-order valence-corrected chi connectivity index (χ4v) is 3.40. The van der Waals surface area contributed by atoms with Crippen LogP contribution >= 0.6 is 27.7 Å². The van der Waals surface area contributed by atoms with Crippen molar-refractivity contribution in [2.75, 3.05) is 19.3 Å². The molecule has 0 saturated carbocycles. The molecule has 0 saturated heterocycles. The summed E-state index contributed by atoms with van der Waals surface area (Å²) < 4.78 is 1.24. The lowest BCUT2D eigenvalue weighted by Crippen LogP contribution is -2.21. The summed E-state index contributed by atoms with van der Waals surface area (Å²) in [6.45, 7) is 5.64. The standard InChI is InChI=1S/C15H24BrNS/c1-12(2)18-9-8-13(11-17-3)10-14-6-4-5-7-15(14)16/h4-7,12-13,17H,8-11H2,1-3H3. The van der Waals surface area contributed by atoms with E-state index in [1.807, 2.05) is 7.05 Å². The Balaban J connectivity index is 2.49. The minimum atomic E-state index is 0.722. The number of thioether (sulfide) groups is 1. The van der Waals surface area contributed by atoms with Crippen LogP contribution in [-0.4, -0.2) is 24.6 Å². The summed E-state index contributed by atoms with van der Waals surface area (Å²) >= 11 is 5.70. The van der Waals surface area contributed by atoms with Crippen molar-refractivity contribution in [1.29, 1.82) is 0 Å². The lowest BCUT2D eigenvalue weighted by atomic mass is 9.97. The van der Waals surface area contributed by atoms with Gasteiger partial charge in [-0.25, -0.2) is 0 Å². The minimum absolute atomic E-state index is 0.722. The van der Waals surface area contributed by atoms with Crippen LogP contribution in [0.3, 0.4) is 0 Å². The molecule has 1 aromatic carbocycles. The molecule has 0 spiro atoms. The second-order valence-corrected chi connectivity index (χ2v) is 7.47. The summed E-state index contributed by atoms with van der Waals surface area (Å²) in [5, 5.41) is 4.06. The zero-order chi connectivity index (χ0) is 13.4. The summed E-state index contributed by atoms with van der Waals surface area (Å²) in [4.78, 5) is 0. The van der Waals surface area contributed by atoms with Crippen molar-refractivity contribution < 1.29 is 0 Å². The SMILES string of the molecule is CNCC(CCSC(C)C)Cc1ccccc1Br. The molecule has 1 aromatic rings. The fraction of sp³-hybridized carbons (Fsp3) is 0.600. The minimum Gasteiger partial charge on any atom is -0.319 e. The van der Waals surface area contributed by atoms with E-state index in [2.05, 4.69) is 71.1 Å². The largest absolute Gasteiger partial charge is 0.319 e. The van der Waals surface area contributed by atoms with E-state index in [0.717, 1.165) is 24.1 Å². The monoisotopic (exact) mass is 329 g/mol. The van der Waals surface area contributed by atoms with Gasteiger partial charge in [-0.1, -0.05) is 48.0 Å². The van der Waals surface area contributed by atoms with Crippen molar-refractivity contribution in [3.63, 3.8) is 0 Å². The van der Waals surface area contributed by atoms with E-state index >= 15 is 0 Å². The molecule has 0 aliphatic heterocycles. The third-order valence-electron chi connectivity index (χ3n) is 2.94. The molecule has 0 fully saturated rings. The predicted octanol–water partition coefficient (Wildman–Crippen LogP) is 4.36. The zero-order valence-corrected chi connectivity index (χ0v) is 14.0. The first kappa shape index (κ1) is 16.1. The molecular formula is C15H24BrNS. The molecule has 0 bridgehead atoms. The third kappa shape index (κ3) is 6.26. The first-order chi connectivity index (χ1) is 8.63. The molecule has 1 atom stereocenters. The number of halogens is 1. The number of hydrogen-bond donors (Lipinski definition) is 1. The smallest absolute Gasteiger partial charge is 0.0207 e. The highest BCUT2D eigenvalue weighted by Gasteiger charge is 2.11. The van der Waals surface area contributed by atoms with Gasteiger partial charge in [0.25, 0.3) is 0 Å². The van der Waals surface area contributed by atoms with E-state index in [-0.39, 0.29) is 0 Å². The van der Waals surface area contributed by atoms with Gasteiger partial charge in [-0.15, -0.1) is 0 Å². The molecule has 3 heteroatoms. The van der Waals surface area contributed by atoms with Gasteiger partial charge in [-0.05, 0) is 55.0 Å². The van der Waals surface area contributed by atoms with Gasteiger partial charge in [0, 0.05) is 4.47 Å². The number of nitrogens with one attached hydrogen (secondary N) is 1. The lowest BCUT2D eigenvalue weighted by molar-refractivity contribution is 0.484. The highest BCUT2D eigenvalue weighted by atomic mass is 79.9. The van der Waals surface area contributed by atoms with Gasteiger partial charge in [0.15, 0.2) is 0 Å². The number of benzene rings is 1. The molecule has 0 aliphatic rings. The Bertz CT molecular complexity index is 341. The Morgan fingerprint density at radius 2 is 2.00 bits per heavy atom. The van der Waals surface area contributed by atoms with Crippen LogP contribution in [-0.2, 0) is 6.42 Å². The van der Waals surface area contributed by atoms with Gasteiger partial charge in [0.2, 0.25) is 0 Å². The fourth-order valence-electron chi connectivity index (χ4n) is 2.01. The van der Waals surface area contributed by atoms with Crippen molar-refractivity contribution >= 4 is 27.7 Å². The second-order valence-electron chi connectivity index (χ2n) is 4.93. The zero-order valence-electron chi connectivity index (χ0n) is 11.6. The Morgan fingerprint density at radius 1 is 1.28 bits per heavy atom. The molecule has 0 heterocycles. The van der Waals surface area contributed by atoms with Crippen LogP contribution in [0.25, 0.3) is 0 Å². The van der Waals surface area contributed by atoms with Crippen LogP contribution in [0.15, 0.2) is 28.7 Å². The van der Waals surface area contributed by atoms with E-state index in [1.54, 1.807) is 0 Å². The molecule has 1 rings (SSSR count). The van der Waals surface area contributed by atoms with E-state index < -0.39 is 0 Å². The molecule has 1 N–H and O–H groups in total. The molecule has 102 valence electrons. The van der Waals surface area contributed by atoms with Crippen LogP contribution in [0, 0.1) is 5.92 Å². The molecular weight excluding hydrogens is 306 g/mol. The average Bonchev–Trinajstić information content (AvgIpc) is 2.32. The van der Waals surface area contributed by atoms with Crippen molar-refractivity contribution in [3.8, 4) is 0 Å². The summed E-state index contributed by atoms with van der Waals surface area (Å²) in [7, 11) is 2.04. The summed E-state index contributed by atoms with van der Waals surface area (Å²) in [5.74, 6) is 1.98. The Kier molecular flexibility index (Phi) is 8.03. The number of rotatable bonds is 8.